The standard InChI is InChI=1S/C23H27NO2/c1-6-23(4)15-22(2,3)18-12-11-16(13-19(18)23)14-24-20-10-8-7-9-17(20)21(25)26-5/h7-14H,6,15H2,1-5H3. The van der Waals surface area contributed by atoms with Gasteiger partial charge in [-0.15, -0.1) is 0 Å². The molecule has 0 aromatic heterocycles. The highest BCUT2D eigenvalue weighted by molar-refractivity contribution is 5.96. The molecule has 0 saturated heterocycles. The van der Waals surface area contributed by atoms with Crippen LogP contribution in [0.15, 0.2) is 47.5 Å². The third-order valence-electron chi connectivity index (χ3n) is 5.70. The van der Waals surface area contributed by atoms with Crippen molar-refractivity contribution in [1.82, 2.24) is 0 Å². The van der Waals surface area contributed by atoms with Crippen molar-refractivity contribution < 1.29 is 9.53 Å². The normalized spacial score (nSPS) is 21.0. The van der Waals surface area contributed by atoms with E-state index in [1.54, 1.807) is 6.07 Å². The molecule has 0 N–H and O–H groups in total. The Kier molecular flexibility index (Phi) is 4.74. The Morgan fingerprint density at radius 3 is 2.58 bits per heavy atom. The number of nitrogens with zero attached hydrogens (tertiary/aromatic N) is 1. The van der Waals surface area contributed by atoms with Gasteiger partial charge in [0.15, 0.2) is 0 Å². The highest BCUT2D eigenvalue weighted by atomic mass is 16.5. The number of hydrogen-bond acceptors (Lipinski definition) is 3. The van der Waals surface area contributed by atoms with Gasteiger partial charge >= 0.3 is 5.97 Å². The quantitative estimate of drug-likeness (QED) is 0.534. The number of aliphatic imine (C=N–C) groups is 1. The summed E-state index contributed by atoms with van der Waals surface area (Å²) in [6, 6.07) is 13.9. The van der Waals surface area contributed by atoms with Crippen molar-refractivity contribution in [3.05, 3.63) is 64.7 Å². The molecule has 136 valence electrons. The fourth-order valence-corrected chi connectivity index (χ4v) is 4.23. The summed E-state index contributed by atoms with van der Waals surface area (Å²) < 4.78 is 4.84. The molecule has 0 heterocycles. The average Bonchev–Trinajstić information content (AvgIpc) is 2.85. The zero-order valence-electron chi connectivity index (χ0n) is 16.3. The van der Waals surface area contributed by atoms with Crippen LogP contribution in [0, 0.1) is 0 Å². The van der Waals surface area contributed by atoms with E-state index < -0.39 is 0 Å². The van der Waals surface area contributed by atoms with Crippen molar-refractivity contribution in [2.75, 3.05) is 7.11 Å². The number of para-hydroxylation sites is 1. The molecule has 0 bridgehead atoms. The summed E-state index contributed by atoms with van der Waals surface area (Å²) >= 11 is 0. The molecule has 2 aromatic rings. The number of benzene rings is 2. The Morgan fingerprint density at radius 1 is 1.15 bits per heavy atom. The van der Waals surface area contributed by atoms with E-state index in [0.717, 1.165) is 18.4 Å². The minimum absolute atomic E-state index is 0.201. The molecule has 0 radical (unpaired) electrons. The van der Waals surface area contributed by atoms with E-state index in [2.05, 4.69) is 50.9 Å². The Bertz CT molecular complexity index is 866. The maximum absolute atomic E-state index is 11.9. The first-order chi connectivity index (χ1) is 12.3. The number of carbonyl (C=O) groups excluding carboxylic acids is 1. The highest BCUT2D eigenvalue weighted by Crippen LogP contribution is 2.51. The topological polar surface area (TPSA) is 38.7 Å². The molecule has 3 nitrogen and oxygen atoms in total. The van der Waals surface area contributed by atoms with Gasteiger partial charge in [-0.2, -0.15) is 0 Å². The van der Waals surface area contributed by atoms with Gasteiger partial charge in [0.25, 0.3) is 0 Å². The van der Waals surface area contributed by atoms with E-state index in [0.29, 0.717) is 11.3 Å². The fourth-order valence-electron chi connectivity index (χ4n) is 4.23. The number of rotatable bonds is 4. The summed E-state index contributed by atoms with van der Waals surface area (Å²) in [6.07, 6.45) is 4.12. The van der Waals surface area contributed by atoms with Crippen LogP contribution in [0.4, 0.5) is 5.69 Å². The van der Waals surface area contributed by atoms with E-state index in [4.69, 9.17) is 4.74 Å². The van der Waals surface area contributed by atoms with Crippen molar-refractivity contribution in [2.24, 2.45) is 4.99 Å². The molecule has 26 heavy (non-hydrogen) atoms. The van der Waals surface area contributed by atoms with Crippen LogP contribution >= 0.6 is 0 Å². The molecular weight excluding hydrogens is 322 g/mol. The first-order valence-corrected chi connectivity index (χ1v) is 9.17. The summed E-state index contributed by atoms with van der Waals surface area (Å²) in [6.45, 7) is 9.27. The lowest BCUT2D eigenvalue weighted by Crippen LogP contribution is -2.20. The minimum Gasteiger partial charge on any atom is -0.465 e. The van der Waals surface area contributed by atoms with Gasteiger partial charge in [-0.1, -0.05) is 52.0 Å². The molecule has 1 unspecified atom stereocenters. The predicted octanol–water partition coefficient (Wildman–Crippen LogP) is 5.57. The number of fused-ring (bicyclic) bond motifs is 1. The van der Waals surface area contributed by atoms with Crippen molar-refractivity contribution >= 4 is 17.9 Å². The van der Waals surface area contributed by atoms with E-state index in [1.807, 2.05) is 24.4 Å². The Labute approximate surface area is 156 Å². The van der Waals surface area contributed by atoms with Crippen molar-refractivity contribution in [2.45, 2.75) is 51.4 Å². The van der Waals surface area contributed by atoms with E-state index in [9.17, 15) is 4.79 Å². The van der Waals surface area contributed by atoms with Crippen LogP contribution in [-0.4, -0.2) is 19.3 Å². The molecular formula is C23H27NO2. The number of carbonyl (C=O) groups is 1. The maximum atomic E-state index is 11.9. The van der Waals surface area contributed by atoms with Gasteiger partial charge in [-0.05, 0) is 58.6 Å². The largest absolute Gasteiger partial charge is 0.465 e. The number of esters is 1. The lowest BCUT2D eigenvalue weighted by atomic mass is 9.78. The molecule has 1 aliphatic carbocycles. The predicted molar refractivity (Wildman–Crippen MR) is 107 cm³/mol. The number of methoxy groups -OCH3 is 1. The van der Waals surface area contributed by atoms with Crippen LogP contribution in [0.3, 0.4) is 0 Å². The molecule has 0 saturated carbocycles. The van der Waals surface area contributed by atoms with Gasteiger partial charge in [0.2, 0.25) is 0 Å². The van der Waals surface area contributed by atoms with Crippen molar-refractivity contribution in [1.29, 1.82) is 0 Å². The smallest absolute Gasteiger partial charge is 0.340 e. The number of hydrogen-bond donors (Lipinski definition) is 0. The molecule has 0 fully saturated rings. The summed E-state index contributed by atoms with van der Waals surface area (Å²) in [7, 11) is 1.39. The van der Waals surface area contributed by atoms with Crippen LogP contribution < -0.4 is 0 Å². The molecule has 0 amide bonds. The molecule has 3 heteroatoms. The minimum atomic E-state index is -0.369. The molecule has 0 aliphatic heterocycles. The van der Waals surface area contributed by atoms with Gasteiger partial charge in [-0.25, -0.2) is 4.79 Å². The second-order valence-corrected chi connectivity index (χ2v) is 8.05. The zero-order valence-corrected chi connectivity index (χ0v) is 16.3. The van der Waals surface area contributed by atoms with E-state index >= 15 is 0 Å². The Hall–Kier alpha value is -2.42. The van der Waals surface area contributed by atoms with Crippen LogP contribution in [-0.2, 0) is 15.6 Å². The second kappa shape index (κ2) is 6.71. The summed E-state index contributed by atoms with van der Waals surface area (Å²) in [5.41, 5.74) is 5.43. The maximum Gasteiger partial charge on any atom is 0.340 e. The van der Waals surface area contributed by atoms with E-state index in [1.165, 1.54) is 18.2 Å². The van der Waals surface area contributed by atoms with Crippen LogP contribution in [0.25, 0.3) is 0 Å². The SMILES string of the molecule is CCC1(C)CC(C)(C)c2ccc(C=Nc3ccccc3C(=O)OC)cc21. The first kappa shape index (κ1) is 18.4. The molecule has 1 atom stereocenters. The van der Waals surface area contributed by atoms with Crippen molar-refractivity contribution in [3.8, 4) is 0 Å². The van der Waals surface area contributed by atoms with Crippen LogP contribution in [0.1, 0.15) is 67.6 Å². The monoisotopic (exact) mass is 349 g/mol. The van der Waals surface area contributed by atoms with Gasteiger partial charge in [0.05, 0.1) is 18.4 Å². The summed E-state index contributed by atoms with van der Waals surface area (Å²) in [4.78, 5) is 16.5. The third kappa shape index (κ3) is 3.18. The molecule has 1 aliphatic rings. The molecule has 0 spiro atoms. The van der Waals surface area contributed by atoms with Gasteiger partial charge < -0.3 is 4.74 Å². The zero-order chi connectivity index (χ0) is 18.9. The third-order valence-corrected chi connectivity index (χ3v) is 5.70. The Balaban J connectivity index is 1.98. The molecule has 2 aromatic carbocycles. The van der Waals surface area contributed by atoms with Crippen molar-refractivity contribution in [3.63, 3.8) is 0 Å². The van der Waals surface area contributed by atoms with Crippen LogP contribution in [0.2, 0.25) is 0 Å². The van der Waals surface area contributed by atoms with E-state index in [-0.39, 0.29) is 16.8 Å². The first-order valence-electron chi connectivity index (χ1n) is 9.17. The lowest BCUT2D eigenvalue weighted by molar-refractivity contribution is 0.0601. The van der Waals surface area contributed by atoms with Gasteiger partial charge in [0, 0.05) is 6.21 Å². The summed E-state index contributed by atoms with van der Waals surface area (Å²) in [5, 5.41) is 0. The average molecular weight is 349 g/mol. The van der Waals surface area contributed by atoms with Crippen LogP contribution in [0.5, 0.6) is 0 Å². The molecule has 3 rings (SSSR count). The van der Waals surface area contributed by atoms with Gasteiger partial charge in [-0.3, -0.25) is 4.99 Å². The number of ether oxygens (including phenoxy) is 1. The Morgan fingerprint density at radius 2 is 1.88 bits per heavy atom. The highest BCUT2D eigenvalue weighted by Gasteiger charge is 2.43. The lowest BCUT2D eigenvalue weighted by Gasteiger charge is -2.26. The van der Waals surface area contributed by atoms with Gasteiger partial charge in [0.1, 0.15) is 0 Å². The second-order valence-electron chi connectivity index (χ2n) is 8.05. The summed E-state index contributed by atoms with van der Waals surface area (Å²) in [5.74, 6) is -0.369. The fraction of sp³-hybridized carbons (Fsp3) is 0.391.